The van der Waals surface area contributed by atoms with E-state index in [1.807, 2.05) is 5.32 Å². The van der Waals surface area contributed by atoms with Crippen LogP contribution in [0.25, 0.3) is 0 Å². The van der Waals surface area contributed by atoms with E-state index < -0.39 is 55.1 Å². The Morgan fingerprint density at radius 2 is 1.64 bits per heavy atom. The molecule has 2 N–H and O–H groups in total. The third-order valence-electron chi connectivity index (χ3n) is 2.49. The fraction of sp³-hybridized carbons (Fsp3) is 0.833. The van der Waals surface area contributed by atoms with E-state index in [-0.39, 0.29) is 0 Å². The summed E-state index contributed by atoms with van der Waals surface area (Å²) in [5, 5.41) is 10.2. The largest absolute Gasteiger partial charge is 0.481 e. The number of amides is 1. The Morgan fingerprint density at radius 1 is 1.14 bits per heavy atom. The van der Waals surface area contributed by atoms with Gasteiger partial charge in [-0.3, -0.25) is 4.79 Å². The van der Waals surface area contributed by atoms with Gasteiger partial charge in [0, 0.05) is 13.0 Å². The summed E-state index contributed by atoms with van der Waals surface area (Å²) in [6.45, 7) is 3.39. The number of aliphatic carboxylic acids is 1. The van der Waals surface area contributed by atoms with Crippen molar-refractivity contribution in [3.05, 3.63) is 0 Å². The highest BCUT2D eigenvalue weighted by Gasteiger charge is 2.61. The van der Waals surface area contributed by atoms with Crippen LogP contribution in [-0.4, -0.2) is 41.4 Å². The van der Waals surface area contributed by atoms with Crippen molar-refractivity contribution in [2.45, 2.75) is 51.3 Å². The smallest absolute Gasteiger partial charge is 0.453 e. The summed E-state index contributed by atoms with van der Waals surface area (Å²) < 4.78 is 68.5. The molecule has 0 saturated heterocycles. The average Bonchev–Trinajstić information content (AvgIpc) is 2.23. The lowest BCUT2D eigenvalue weighted by atomic mass is 9.95. The molecule has 0 saturated carbocycles. The molecule has 0 fully saturated rings. The Hall–Kier alpha value is -1.61. The van der Waals surface area contributed by atoms with E-state index in [2.05, 4.69) is 0 Å². The van der Waals surface area contributed by atoms with Crippen LogP contribution in [-0.2, 0) is 9.53 Å². The Balaban J connectivity index is 4.89. The summed E-state index contributed by atoms with van der Waals surface area (Å²) in [7, 11) is 0. The lowest BCUT2D eigenvalue weighted by molar-refractivity contribution is -0.302. The number of hydrogen-bond acceptors (Lipinski definition) is 3. The van der Waals surface area contributed by atoms with Gasteiger partial charge in [-0.2, -0.15) is 22.0 Å². The molecule has 1 amide bonds. The van der Waals surface area contributed by atoms with Gasteiger partial charge in [-0.1, -0.05) is 0 Å². The Morgan fingerprint density at radius 3 is 2.00 bits per heavy atom. The second-order valence-electron chi connectivity index (χ2n) is 5.63. The monoisotopic (exact) mass is 335 g/mol. The maximum atomic E-state index is 13.3. The number of nitrogens with one attached hydrogen (secondary N) is 1. The first-order chi connectivity index (χ1) is 9.67. The number of carboxylic acid groups (broad SMARTS) is 1. The van der Waals surface area contributed by atoms with Gasteiger partial charge in [-0.05, 0) is 27.2 Å². The van der Waals surface area contributed by atoms with Gasteiger partial charge in [-0.25, -0.2) is 4.79 Å². The van der Waals surface area contributed by atoms with Crippen LogP contribution in [0.2, 0.25) is 0 Å². The number of carbonyl (C=O) groups excluding carboxylic acids is 1. The van der Waals surface area contributed by atoms with E-state index in [1.54, 1.807) is 0 Å². The van der Waals surface area contributed by atoms with Gasteiger partial charge < -0.3 is 15.2 Å². The number of alkyl halides is 5. The summed E-state index contributed by atoms with van der Waals surface area (Å²) in [5.41, 5.74) is -0.951. The first-order valence-electron chi connectivity index (χ1n) is 6.30. The molecule has 0 rings (SSSR count). The van der Waals surface area contributed by atoms with E-state index in [9.17, 15) is 31.5 Å². The molecule has 0 spiro atoms. The van der Waals surface area contributed by atoms with Crippen molar-refractivity contribution >= 4 is 12.1 Å². The van der Waals surface area contributed by atoms with Crippen LogP contribution in [0.15, 0.2) is 0 Å². The van der Waals surface area contributed by atoms with Crippen LogP contribution in [0.4, 0.5) is 26.7 Å². The first kappa shape index (κ1) is 20.4. The van der Waals surface area contributed by atoms with Gasteiger partial charge in [0.15, 0.2) is 0 Å². The molecule has 0 radical (unpaired) electrons. The molecule has 0 heterocycles. The normalized spacial score (nSPS) is 14.4. The molecule has 0 aliphatic rings. The Labute approximate surface area is 123 Å². The van der Waals surface area contributed by atoms with Gasteiger partial charge in [-0.15, -0.1) is 0 Å². The molecule has 0 bridgehead atoms. The number of ether oxygens (including phenoxy) is 1. The standard InChI is InChI=1S/C12H18F5NO4/c1-10(2,3)22-9(21)18-6-7(4-5-8(19)20)11(13,14)12(15,16)17/h7H,4-6H2,1-3H3,(H,18,21)(H,19,20). The van der Waals surface area contributed by atoms with E-state index in [4.69, 9.17) is 9.84 Å². The average molecular weight is 335 g/mol. The molecular weight excluding hydrogens is 317 g/mol. The van der Waals surface area contributed by atoms with Crippen molar-refractivity contribution in [3.8, 4) is 0 Å². The summed E-state index contributed by atoms with van der Waals surface area (Å²) in [5.74, 6) is -9.05. The zero-order valence-electron chi connectivity index (χ0n) is 12.3. The number of alkyl carbamates (subject to hydrolysis) is 1. The van der Waals surface area contributed by atoms with Crippen molar-refractivity contribution in [1.29, 1.82) is 0 Å². The minimum atomic E-state index is -5.84. The summed E-state index contributed by atoms with van der Waals surface area (Å²) >= 11 is 0. The highest BCUT2D eigenvalue weighted by molar-refractivity contribution is 5.68. The lowest BCUT2D eigenvalue weighted by Gasteiger charge is -2.29. The third kappa shape index (κ3) is 6.90. The fourth-order valence-electron chi connectivity index (χ4n) is 1.46. The molecule has 0 aromatic rings. The second-order valence-corrected chi connectivity index (χ2v) is 5.63. The number of hydrogen-bond donors (Lipinski definition) is 2. The molecule has 1 atom stereocenters. The maximum Gasteiger partial charge on any atom is 0.453 e. The highest BCUT2D eigenvalue weighted by Crippen LogP contribution is 2.42. The zero-order valence-corrected chi connectivity index (χ0v) is 12.3. The Kier molecular flexibility index (Phi) is 6.58. The van der Waals surface area contributed by atoms with Gasteiger partial charge in [0.05, 0.1) is 5.92 Å². The van der Waals surface area contributed by atoms with Crippen molar-refractivity contribution < 1.29 is 41.4 Å². The predicted molar refractivity (Wildman–Crippen MR) is 65.6 cm³/mol. The summed E-state index contributed by atoms with van der Waals surface area (Å²) in [4.78, 5) is 21.7. The fourth-order valence-corrected chi connectivity index (χ4v) is 1.46. The zero-order chi connectivity index (χ0) is 17.8. The maximum absolute atomic E-state index is 13.3. The highest BCUT2D eigenvalue weighted by atomic mass is 19.4. The lowest BCUT2D eigenvalue weighted by Crippen LogP contribution is -2.48. The number of carboxylic acids is 1. The van der Waals surface area contributed by atoms with Crippen LogP contribution in [0.1, 0.15) is 33.6 Å². The second kappa shape index (κ2) is 7.10. The van der Waals surface area contributed by atoms with Crippen LogP contribution in [0, 0.1) is 5.92 Å². The molecule has 10 heteroatoms. The molecule has 0 aromatic carbocycles. The number of halogens is 5. The number of carbonyl (C=O) groups is 2. The van der Waals surface area contributed by atoms with Crippen LogP contribution in [0.5, 0.6) is 0 Å². The van der Waals surface area contributed by atoms with Crippen molar-refractivity contribution in [2.24, 2.45) is 5.92 Å². The third-order valence-corrected chi connectivity index (χ3v) is 2.49. The van der Waals surface area contributed by atoms with E-state index in [1.165, 1.54) is 20.8 Å². The van der Waals surface area contributed by atoms with Crippen molar-refractivity contribution in [3.63, 3.8) is 0 Å². The van der Waals surface area contributed by atoms with E-state index in [0.29, 0.717) is 0 Å². The molecule has 22 heavy (non-hydrogen) atoms. The summed E-state index contributed by atoms with van der Waals surface area (Å²) in [6.07, 6.45) is -8.83. The van der Waals surface area contributed by atoms with Gasteiger partial charge >= 0.3 is 24.2 Å². The number of rotatable bonds is 6. The minimum Gasteiger partial charge on any atom is -0.481 e. The molecule has 0 aliphatic carbocycles. The quantitative estimate of drug-likeness (QED) is 0.731. The topological polar surface area (TPSA) is 75.6 Å². The van der Waals surface area contributed by atoms with Gasteiger partial charge in [0.25, 0.3) is 0 Å². The van der Waals surface area contributed by atoms with Crippen molar-refractivity contribution in [1.82, 2.24) is 5.32 Å². The predicted octanol–water partition coefficient (Wildman–Crippen LogP) is 3.19. The van der Waals surface area contributed by atoms with E-state index >= 15 is 0 Å². The van der Waals surface area contributed by atoms with Crippen LogP contribution < -0.4 is 5.32 Å². The minimum absolute atomic E-state index is 0.883. The van der Waals surface area contributed by atoms with Gasteiger partial charge in [0.2, 0.25) is 0 Å². The molecular formula is C12H18F5NO4. The molecule has 5 nitrogen and oxygen atoms in total. The molecule has 130 valence electrons. The SMILES string of the molecule is CC(C)(C)OC(=O)NCC(CCC(=O)O)C(F)(F)C(F)(F)F. The first-order valence-corrected chi connectivity index (χ1v) is 6.30. The van der Waals surface area contributed by atoms with Crippen molar-refractivity contribution in [2.75, 3.05) is 6.54 Å². The summed E-state index contributed by atoms with van der Waals surface area (Å²) in [6, 6.07) is 0. The van der Waals surface area contributed by atoms with Crippen LogP contribution >= 0.6 is 0 Å². The molecule has 1 unspecified atom stereocenters. The Bertz CT molecular complexity index is 403. The van der Waals surface area contributed by atoms with Crippen LogP contribution in [0.3, 0.4) is 0 Å². The molecule has 0 aromatic heterocycles. The van der Waals surface area contributed by atoms with Gasteiger partial charge in [0.1, 0.15) is 5.60 Å². The molecule has 0 aliphatic heterocycles. The van der Waals surface area contributed by atoms with E-state index in [0.717, 1.165) is 0 Å².